The Labute approximate surface area is 107 Å². The molecule has 2 aromatic rings. The minimum atomic E-state index is 0.540. The van der Waals surface area contributed by atoms with Crippen LogP contribution in [0.5, 0.6) is 5.75 Å². The molecule has 1 heterocycles. The molecular weight excluding hydrogens is 226 g/mol. The van der Waals surface area contributed by atoms with Gasteiger partial charge < -0.3 is 10.1 Å². The number of nitrogens with zero attached hydrogens (tertiary/aromatic N) is 1. The summed E-state index contributed by atoms with van der Waals surface area (Å²) in [4.78, 5) is 0. The Balaban J connectivity index is 1.77. The van der Waals surface area contributed by atoms with Crippen molar-refractivity contribution >= 4 is 0 Å². The SMILES string of the molecule is C=CCOc1ccc(CNCc2cn[nH]c2)cc1. The van der Waals surface area contributed by atoms with Gasteiger partial charge in [0.2, 0.25) is 0 Å². The number of H-pyrrole nitrogens is 1. The lowest BCUT2D eigenvalue weighted by molar-refractivity contribution is 0.363. The van der Waals surface area contributed by atoms with Crippen LogP contribution in [0.15, 0.2) is 49.3 Å². The van der Waals surface area contributed by atoms with Gasteiger partial charge in [-0.1, -0.05) is 24.8 Å². The maximum absolute atomic E-state index is 5.42. The molecule has 0 amide bonds. The normalized spacial score (nSPS) is 10.2. The Morgan fingerprint density at radius 2 is 2.00 bits per heavy atom. The zero-order chi connectivity index (χ0) is 12.6. The molecule has 0 spiro atoms. The predicted molar refractivity (Wildman–Crippen MR) is 71.3 cm³/mol. The molecule has 4 heteroatoms. The Morgan fingerprint density at radius 3 is 2.67 bits per heavy atom. The summed E-state index contributed by atoms with van der Waals surface area (Å²) in [6.45, 7) is 5.79. The summed E-state index contributed by atoms with van der Waals surface area (Å²) >= 11 is 0. The minimum absolute atomic E-state index is 0.540. The lowest BCUT2D eigenvalue weighted by Crippen LogP contribution is -2.12. The molecule has 0 radical (unpaired) electrons. The Hall–Kier alpha value is -2.07. The highest BCUT2D eigenvalue weighted by Crippen LogP contribution is 2.12. The van der Waals surface area contributed by atoms with Gasteiger partial charge in [-0.3, -0.25) is 5.10 Å². The lowest BCUT2D eigenvalue weighted by Gasteiger charge is -2.06. The van der Waals surface area contributed by atoms with E-state index in [4.69, 9.17) is 4.74 Å². The summed E-state index contributed by atoms with van der Waals surface area (Å²) in [6, 6.07) is 8.05. The Kier molecular flexibility index (Phi) is 4.55. The molecule has 0 saturated heterocycles. The molecule has 0 atom stereocenters. The minimum Gasteiger partial charge on any atom is -0.490 e. The molecule has 1 aromatic carbocycles. The molecule has 0 unspecified atom stereocenters. The molecule has 0 fully saturated rings. The second-order valence-electron chi connectivity index (χ2n) is 3.95. The average molecular weight is 243 g/mol. The fraction of sp³-hybridized carbons (Fsp3) is 0.214. The third kappa shape index (κ3) is 3.75. The molecule has 94 valence electrons. The van der Waals surface area contributed by atoms with Gasteiger partial charge >= 0.3 is 0 Å². The maximum Gasteiger partial charge on any atom is 0.119 e. The van der Waals surface area contributed by atoms with Gasteiger partial charge in [0.25, 0.3) is 0 Å². The predicted octanol–water partition coefficient (Wildman–Crippen LogP) is 2.26. The third-order valence-corrected chi connectivity index (χ3v) is 2.50. The molecule has 0 aliphatic carbocycles. The summed E-state index contributed by atoms with van der Waals surface area (Å²) in [5.74, 6) is 0.869. The van der Waals surface area contributed by atoms with Gasteiger partial charge in [-0.2, -0.15) is 5.10 Å². The average Bonchev–Trinajstić information content (AvgIpc) is 2.91. The maximum atomic E-state index is 5.42. The van der Waals surface area contributed by atoms with E-state index >= 15 is 0 Å². The van der Waals surface area contributed by atoms with Crippen molar-refractivity contribution in [2.45, 2.75) is 13.1 Å². The molecule has 0 bridgehead atoms. The van der Waals surface area contributed by atoms with Gasteiger partial charge in [0, 0.05) is 24.8 Å². The summed E-state index contributed by atoms with van der Waals surface area (Å²) in [5, 5.41) is 10.0. The first-order chi connectivity index (χ1) is 8.88. The van der Waals surface area contributed by atoms with E-state index in [0.717, 1.165) is 24.4 Å². The number of benzene rings is 1. The van der Waals surface area contributed by atoms with Gasteiger partial charge in [-0.15, -0.1) is 0 Å². The van der Waals surface area contributed by atoms with Crippen LogP contribution in [-0.2, 0) is 13.1 Å². The van der Waals surface area contributed by atoms with Crippen molar-refractivity contribution in [1.82, 2.24) is 15.5 Å². The van der Waals surface area contributed by atoms with Gasteiger partial charge in [-0.05, 0) is 17.7 Å². The second-order valence-corrected chi connectivity index (χ2v) is 3.95. The van der Waals surface area contributed by atoms with E-state index in [9.17, 15) is 0 Å². The fourth-order valence-corrected chi connectivity index (χ4v) is 1.58. The highest BCUT2D eigenvalue weighted by molar-refractivity contribution is 5.27. The molecule has 0 aliphatic rings. The molecule has 0 saturated carbocycles. The molecule has 2 N–H and O–H groups in total. The summed E-state index contributed by atoms with van der Waals surface area (Å²) in [6.07, 6.45) is 5.44. The summed E-state index contributed by atoms with van der Waals surface area (Å²) in [5.41, 5.74) is 2.38. The van der Waals surface area contributed by atoms with E-state index in [2.05, 4.69) is 34.2 Å². The quantitative estimate of drug-likeness (QED) is 0.733. The van der Waals surface area contributed by atoms with Crippen LogP contribution < -0.4 is 10.1 Å². The number of nitrogens with one attached hydrogen (secondary N) is 2. The molecule has 0 aliphatic heterocycles. The Morgan fingerprint density at radius 1 is 1.22 bits per heavy atom. The number of aromatic amines is 1. The number of hydrogen-bond donors (Lipinski definition) is 2. The van der Waals surface area contributed by atoms with Gasteiger partial charge in [0.1, 0.15) is 12.4 Å². The van der Waals surface area contributed by atoms with Gasteiger partial charge in [0.15, 0.2) is 0 Å². The van der Waals surface area contributed by atoms with Crippen LogP contribution in [-0.4, -0.2) is 16.8 Å². The van der Waals surface area contributed by atoms with Crippen molar-refractivity contribution in [2.24, 2.45) is 0 Å². The van der Waals surface area contributed by atoms with Crippen LogP contribution in [0.25, 0.3) is 0 Å². The van der Waals surface area contributed by atoms with Crippen LogP contribution >= 0.6 is 0 Å². The van der Waals surface area contributed by atoms with Crippen molar-refractivity contribution in [1.29, 1.82) is 0 Å². The van der Waals surface area contributed by atoms with E-state index in [1.165, 1.54) is 5.56 Å². The molecule has 18 heavy (non-hydrogen) atoms. The highest BCUT2D eigenvalue weighted by Gasteiger charge is 1.96. The molecule has 4 nitrogen and oxygen atoms in total. The zero-order valence-corrected chi connectivity index (χ0v) is 10.2. The highest BCUT2D eigenvalue weighted by atomic mass is 16.5. The van der Waals surface area contributed by atoms with E-state index in [1.807, 2.05) is 24.5 Å². The van der Waals surface area contributed by atoms with Crippen LogP contribution in [0.2, 0.25) is 0 Å². The fourth-order valence-electron chi connectivity index (χ4n) is 1.58. The van der Waals surface area contributed by atoms with Crippen LogP contribution in [0.1, 0.15) is 11.1 Å². The largest absolute Gasteiger partial charge is 0.490 e. The summed E-state index contributed by atoms with van der Waals surface area (Å²) < 4.78 is 5.42. The third-order valence-electron chi connectivity index (χ3n) is 2.50. The van der Waals surface area contributed by atoms with Crippen LogP contribution in [0.4, 0.5) is 0 Å². The monoisotopic (exact) mass is 243 g/mol. The van der Waals surface area contributed by atoms with Gasteiger partial charge in [-0.25, -0.2) is 0 Å². The van der Waals surface area contributed by atoms with E-state index in [-0.39, 0.29) is 0 Å². The smallest absolute Gasteiger partial charge is 0.119 e. The standard InChI is InChI=1S/C14H17N3O/c1-2-7-18-14-5-3-12(4-6-14)8-15-9-13-10-16-17-11-13/h2-6,10-11,15H,1,7-9H2,(H,16,17). The number of rotatable bonds is 7. The van der Waals surface area contributed by atoms with Crippen molar-refractivity contribution in [2.75, 3.05) is 6.61 Å². The van der Waals surface area contributed by atoms with E-state index in [1.54, 1.807) is 6.08 Å². The zero-order valence-electron chi connectivity index (χ0n) is 10.2. The van der Waals surface area contributed by atoms with Crippen LogP contribution in [0.3, 0.4) is 0 Å². The number of ether oxygens (including phenoxy) is 1. The molecule has 2 rings (SSSR count). The van der Waals surface area contributed by atoms with E-state index in [0.29, 0.717) is 6.61 Å². The lowest BCUT2D eigenvalue weighted by atomic mass is 10.2. The second kappa shape index (κ2) is 6.61. The summed E-state index contributed by atoms with van der Waals surface area (Å²) in [7, 11) is 0. The first-order valence-electron chi connectivity index (χ1n) is 5.89. The van der Waals surface area contributed by atoms with Crippen molar-refractivity contribution in [3.05, 3.63) is 60.4 Å². The van der Waals surface area contributed by atoms with E-state index < -0.39 is 0 Å². The molecular formula is C14H17N3O. The van der Waals surface area contributed by atoms with Gasteiger partial charge in [0.05, 0.1) is 6.20 Å². The van der Waals surface area contributed by atoms with Crippen molar-refractivity contribution < 1.29 is 4.74 Å². The number of hydrogen-bond acceptors (Lipinski definition) is 3. The Bertz CT molecular complexity index is 462. The van der Waals surface area contributed by atoms with Crippen LogP contribution in [0, 0.1) is 0 Å². The number of aromatic nitrogens is 2. The first-order valence-corrected chi connectivity index (χ1v) is 5.89. The first kappa shape index (κ1) is 12.4. The molecule has 1 aromatic heterocycles. The van der Waals surface area contributed by atoms with Crippen molar-refractivity contribution in [3.63, 3.8) is 0 Å². The topological polar surface area (TPSA) is 49.9 Å². The van der Waals surface area contributed by atoms with Crippen molar-refractivity contribution in [3.8, 4) is 5.75 Å².